The molecule has 0 aromatic heterocycles. The van der Waals surface area contributed by atoms with Gasteiger partial charge in [0.25, 0.3) is 0 Å². The first-order chi connectivity index (χ1) is 9.10. The first kappa shape index (κ1) is 14.4. The van der Waals surface area contributed by atoms with Crippen LogP contribution in [0.1, 0.15) is 29.5 Å². The van der Waals surface area contributed by atoms with Crippen LogP contribution in [0.3, 0.4) is 0 Å². The SMILES string of the molecule is COc1cc(C)c(CCNCC2(CO)CC2)cc1C. The Balaban J connectivity index is 1.84. The fourth-order valence-corrected chi connectivity index (χ4v) is 2.48. The second kappa shape index (κ2) is 5.93. The van der Waals surface area contributed by atoms with Crippen molar-refractivity contribution in [1.82, 2.24) is 5.32 Å². The number of hydrogen-bond donors (Lipinski definition) is 2. The maximum absolute atomic E-state index is 9.26. The van der Waals surface area contributed by atoms with E-state index in [1.54, 1.807) is 7.11 Å². The van der Waals surface area contributed by atoms with Crippen molar-refractivity contribution in [2.75, 3.05) is 26.8 Å². The lowest BCUT2D eigenvalue weighted by Gasteiger charge is -2.14. The summed E-state index contributed by atoms with van der Waals surface area (Å²) in [4.78, 5) is 0. The molecule has 0 saturated heterocycles. The summed E-state index contributed by atoms with van der Waals surface area (Å²) in [5, 5.41) is 12.7. The molecule has 3 nitrogen and oxygen atoms in total. The van der Waals surface area contributed by atoms with Gasteiger partial charge in [-0.15, -0.1) is 0 Å². The number of aliphatic hydroxyl groups excluding tert-OH is 1. The monoisotopic (exact) mass is 263 g/mol. The van der Waals surface area contributed by atoms with E-state index in [0.717, 1.165) is 38.1 Å². The molecule has 0 heterocycles. The molecule has 0 amide bonds. The number of ether oxygens (including phenoxy) is 1. The third kappa shape index (κ3) is 3.48. The van der Waals surface area contributed by atoms with E-state index < -0.39 is 0 Å². The van der Waals surface area contributed by atoms with Gasteiger partial charge < -0.3 is 15.2 Å². The molecule has 1 saturated carbocycles. The van der Waals surface area contributed by atoms with E-state index >= 15 is 0 Å². The highest BCUT2D eigenvalue weighted by Crippen LogP contribution is 2.44. The second-order valence-corrected chi connectivity index (χ2v) is 5.83. The first-order valence-corrected chi connectivity index (χ1v) is 7.06. The van der Waals surface area contributed by atoms with Crippen molar-refractivity contribution in [2.24, 2.45) is 5.41 Å². The number of aliphatic hydroxyl groups is 1. The summed E-state index contributed by atoms with van der Waals surface area (Å²) in [5.74, 6) is 0.964. The summed E-state index contributed by atoms with van der Waals surface area (Å²) in [7, 11) is 1.72. The highest BCUT2D eigenvalue weighted by molar-refractivity contribution is 5.41. The predicted octanol–water partition coefficient (Wildman–Crippen LogP) is 2.22. The van der Waals surface area contributed by atoms with Gasteiger partial charge in [0.2, 0.25) is 0 Å². The molecule has 2 N–H and O–H groups in total. The van der Waals surface area contributed by atoms with Gasteiger partial charge in [-0.1, -0.05) is 6.07 Å². The highest BCUT2D eigenvalue weighted by Gasteiger charge is 2.41. The number of methoxy groups -OCH3 is 1. The van der Waals surface area contributed by atoms with Gasteiger partial charge in [0.1, 0.15) is 5.75 Å². The van der Waals surface area contributed by atoms with Gasteiger partial charge in [0.05, 0.1) is 7.11 Å². The Labute approximate surface area is 116 Å². The van der Waals surface area contributed by atoms with E-state index in [2.05, 4.69) is 31.3 Å². The largest absolute Gasteiger partial charge is 0.496 e. The summed E-state index contributed by atoms with van der Waals surface area (Å²) in [6.45, 7) is 6.44. The second-order valence-electron chi connectivity index (χ2n) is 5.83. The van der Waals surface area contributed by atoms with Gasteiger partial charge in [-0.25, -0.2) is 0 Å². The number of hydrogen-bond acceptors (Lipinski definition) is 3. The van der Waals surface area contributed by atoms with Crippen LogP contribution in [0.2, 0.25) is 0 Å². The Morgan fingerprint density at radius 1 is 1.26 bits per heavy atom. The first-order valence-electron chi connectivity index (χ1n) is 7.06. The summed E-state index contributed by atoms with van der Waals surface area (Å²) in [6, 6.07) is 4.33. The zero-order valence-electron chi connectivity index (χ0n) is 12.3. The minimum absolute atomic E-state index is 0.199. The molecule has 0 spiro atoms. The molecule has 1 fully saturated rings. The minimum atomic E-state index is 0.199. The molecule has 19 heavy (non-hydrogen) atoms. The van der Waals surface area contributed by atoms with Crippen molar-refractivity contribution in [3.63, 3.8) is 0 Å². The molecule has 2 rings (SSSR count). The lowest BCUT2D eigenvalue weighted by atomic mass is 10.0. The van der Waals surface area contributed by atoms with Crippen molar-refractivity contribution in [2.45, 2.75) is 33.1 Å². The van der Waals surface area contributed by atoms with Crippen LogP contribution in [0, 0.1) is 19.3 Å². The maximum atomic E-state index is 9.26. The van der Waals surface area contributed by atoms with Crippen LogP contribution in [-0.4, -0.2) is 31.9 Å². The van der Waals surface area contributed by atoms with Crippen molar-refractivity contribution in [3.8, 4) is 5.75 Å². The molecule has 1 aliphatic carbocycles. The van der Waals surface area contributed by atoms with E-state index in [1.165, 1.54) is 16.7 Å². The summed E-state index contributed by atoms with van der Waals surface area (Å²) in [6.07, 6.45) is 3.35. The normalized spacial score (nSPS) is 16.4. The van der Waals surface area contributed by atoms with Crippen molar-refractivity contribution < 1.29 is 9.84 Å². The number of nitrogens with one attached hydrogen (secondary N) is 1. The van der Waals surface area contributed by atoms with Gasteiger partial charge in [0.15, 0.2) is 0 Å². The Morgan fingerprint density at radius 3 is 2.58 bits per heavy atom. The summed E-state index contributed by atoms with van der Waals surface area (Å²) < 4.78 is 5.33. The lowest BCUT2D eigenvalue weighted by molar-refractivity contribution is 0.208. The number of benzene rings is 1. The number of aryl methyl sites for hydroxylation is 2. The molecular weight excluding hydrogens is 238 g/mol. The van der Waals surface area contributed by atoms with Crippen LogP contribution in [0.4, 0.5) is 0 Å². The fraction of sp³-hybridized carbons (Fsp3) is 0.625. The zero-order valence-corrected chi connectivity index (χ0v) is 12.3. The van der Waals surface area contributed by atoms with Crippen molar-refractivity contribution in [1.29, 1.82) is 0 Å². The van der Waals surface area contributed by atoms with Crippen LogP contribution in [0.15, 0.2) is 12.1 Å². The fourth-order valence-electron chi connectivity index (χ4n) is 2.48. The third-order valence-corrected chi connectivity index (χ3v) is 4.22. The smallest absolute Gasteiger partial charge is 0.122 e. The minimum Gasteiger partial charge on any atom is -0.496 e. The molecular formula is C16H25NO2. The standard InChI is InChI=1S/C16H25NO2/c1-12-9-15(19-3)13(2)8-14(12)4-7-17-10-16(11-18)5-6-16/h8-9,17-18H,4-7,10-11H2,1-3H3. The Bertz CT molecular complexity index is 439. The number of rotatable bonds is 7. The maximum Gasteiger partial charge on any atom is 0.122 e. The van der Waals surface area contributed by atoms with Crippen LogP contribution >= 0.6 is 0 Å². The molecule has 0 aliphatic heterocycles. The molecule has 0 unspecified atom stereocenters. The highest BCUT2D eigenvalue weighted by atomic mass is 16.5. The average molecular weight is 263 g/mol. The van der Waals surface area contributed by atoms with E-state index in [4.69, 9.17) is 4.74 Å². The molecule has 3 heteroatoms. The van der Waals surface area contributed by atoms with Crippen LogP contribution in [-0.2, 0) is 6.42 Å². The molecule has 1 aromatic carbocycles. The molecule has 0 radical (unpaired) electrons. The van der Waals surface area contributed by atoms with Crippen LogP contribution < -0.4 is 10.1 Å². The summed E-state index contributed by atoms with van der Waals surface area (Å²) in [5.41, 5.74) is 4.05. The molecule has 0 atom stereocenters. The molecule has 1 aromatic rings. The van der Waals surface area contributed by atoms with Gasteiger partial charge >= 0.3 is 0 Å². The van der Waals surface area contributed by atoms with Gasteiger partial charge in [0, 0.05) is 18.6 Å². The van der Waals surface area contributed by atoms with E-state index in [9.17, 15) is 5.11 Å². The van der Waals surface area contributed by atoms with Gasteiger partial charge in [-0.2, -0.15) is 0 Å². The Morgan fingerprint density at radius 2 is 2.00 bits per heavy atom. The average Bonchev–Trinajstić information content (AvgIpc) is 3.18. The third-order valence-electron chi connectivity index (χ3n) is 4.22. The molecule has 1 aliphatic rings. The van der Waals surface area contributed by atoms with Crippen molar-refractivity contribution in [3.05, 3.63) is 28.8 Å². The Kier molecular flexibility index (Phi) is 4.48. The lowest BCUT2D eigenvalue weighted by Crippen LogP contribution is -2.28. The molecule has 106 valence electrons. The predicted molar refractivity (Wildman–Crippen MR) is 77.8 cm³/mol. The van der Waals surface area contributed by atoms with E-state index in [1.807, 2.05) is 0 Å². The van der Waals surface area contributed by atoms with Crippen LogP contribution in [0.25, 0.3) is 0 Å². The summed E-state index contributed by atoms with van der Waals surface area (Å²) >= 11 is 0. The van der Waals surface area contributed by atoms with Gasteiger partial charge in [-0.3, -0.25) is 0 Å². The zero-order chi connectivity index (χ0) is 13.9. The van der Waals surface area contributed by atoms with Crippen molar-refractivity contribution >= 4 is 0 Å². The van der Waals surface area contributed by atoms with Crippen LogP contribution in [0.5, 0.6) is 5.75 Å². The Hall–Kier alpha value is -1.06. The topological polar surface area (TPSA) is 41.5 Å². The van der Waals surface area contributed by atoms with Gasteiger partial charge in [-0.05, 0) is 62.4 Å². The van der Waals surface area contributed by atoms with E-state index in [-0.39, 0.29) is 5.41 Å². The molecule has 0 bridgehead atoms. The van der Waals surface area contributed by atoms with E-state index in [0.29, 0.717) is 6.61 Å². The quantitative estimate of drug-likeness (QED) is 0.741.